The predicted molar refractivity (Wildman–Crippen MR) is 134 cm³/mol. The average Bonchev–Trinajstić information content (AvgIpc) is 2.87. The molecular formula is C24H22ClFN4O5S. The molecule has 1 unspecified atom stereocenters. The molecule has 36 heavy (non-hydrogen) atoms. The van der Waals surface area contributed by atoms with Crippen LogP contribution in [0, 0.1) is 10.6 Å². The van der Waals surface area contributed by atoms with Crippen LogP contribution in [0.3, 0.4) is 0 Å². The van der Waals surface area contributed by atoms with Gasteiger partial charge in [0.1, 0.15) is 12.4 Å². The topological polar surface area (TPSA) is 96.8 Å². The molecule has 9 nitrogen and oxygen atoms in total. The predicted octanol–water partition coefficient (Wildman–Crippen LogP) is 3.41. The minimum atomic E-state index is -1.33. The number of hydrogen-bond donors (Lipinski definition) is 0. The van der Waals surface area contributed by atoms with Gasteiger partial charge in [0.2, 0.25) is 5.60 Å². The molecule has 0 aliphatic carbocycles. The summed E-state index contributed by atoms with van der Waals surface area (Å²) in [6.07, 6.45) is 0.456. The van der Waals surface area contributed by atoms with E-state index in [1.54, 1.807) is 6.92 Å². The molecular weight excluding hydrogens is 511 g/mol. The number of carbonyl (C=O) groups is 1. The van der Waals surface area contributed by atoms with Crippen LogP contribution in [0.25, 0.3) is 5.69 Å². The Hall–Kier alpha value is -3.57. The lowest BCUT2D eigenvalue weighted by atomic mass is 9.94. The smallest absolute Gasteiger partial charge is 0.353 e. The summed E-state index contributed by atoms with van der Waals surface area (Å²) in [5.41, 5.74) is -1.86. The zero-order valence-electron chi connectivity index (χ0n) is 19.7. The van der Waals surface area contributed by atoms with Crippen LogP contribution < -0.4 is 11.4 Å². The molecule has 0 N–H and O–H groups in total. The summed E-state index contributed by atoms with van der Waals surface area (Å²) in [4.78, 5) is 43.7. The number of nitrogens with zero attached hydrogens (tertiary/aromatic N) is 4. The van der Waals surface area contributed by atoms with Crippen LogP contribution in [0.2, 0.25) is 5.02 Å². The lowest BCUT2D eigenvalue weighted by molar-refractivity contribution is -0.174. The molecule has 1 aliphatic rings. The van der Waals surface area contributed by atoms with Crippen LogP contribution in [0.4, 0.5) is 4.39 Å². The van der Waals surface area contributed by atoms with Crippen LogP contribution in [-0.4, -0.2) is 31.0 Å². The number of ether oxygens (including phenoxy) is 1. The third-order valence-electron chi connectivity index (χ3n) is 5.96. The first kappa shape index (κ1) is 25.5. The zero-order chi connectivity index (χ0) is 26.2. The molecule has 0 spiro atoms. The number of hydrogen-bond acceptors (Lipinski definition) is 7. The minimum absolute atomic E-state index is 0.00277. The van der Waals surface area contributed by atoms with E-state index in [1.165, 1.54) is 20.2 Å². The van der Waals surface area contributed by atoms with Crippen molar-refractivity contribution in [2.75, 3.05) is 0 Å². The fraction of sp³-hybridized carbons (Fsp3) is 0.292. The van der Waals surface area contributed by atoms with Crippen molar-refractivity contribution in [3.8, 4) is 5.69 Å². The van der Waals surface area contributed by atoms with Crippen molar-refractivity contribution in [3.63, 3.8) is 0 Å². The first-order chi connectivity index (χ1) is 17.0. The Labute approximate surface area is 215 Å². The van der Waals surface area contributed by atoms with E-state index >= 15 is 0 Å². The third-order valence-corrected chi connectivity index (χ3v) is 6.82. The first-order valence-electron chi connectivity index (χ1n) is 10.9. The summed E-state index contributed by atoms with van der Waals surface area (Å²) >= 11 is 11.4. The monoisotopic (exact) mass is 532 g/mol. The van der Waals surface area contributed by atoms with Gasteiger partial charge in [-0.1, -0.05) is 47.1 Å². The van der Waals surface area contributed by atoms with Crippen molar-refractivity contribution < 1.29 is 18.8 Å². The molecule has 12 heteroatoms. The van der Waals surface area contributed by atoms with Gasteiger partial charge >= 0.3 is 17.3 Å². The van der Waals surface area contributed by atoms with Gasteiger partial charge in [-0.3, -0.25) is 9.13 Å². The highest BCUT2D eigenvalue weighted by molar-refractivity contribution is 7.71. The Morgan fingerprint density at radius 1 is 1.19 bits per heavy atom. The summed E-state index contributed by atoms with van der Waals surface area (Å²) in [6.45, 7) is 1.66. The quantitative estimate of drug-likeness (QED) is 0.369. The van der Waals surface area contributed by atoms with Crippen LogP contribution in [-0.2, 0) is 35.1 Å². The lowest BCUT2D eigenvalue weighted by Crippen LogP contribution is -2.44. The zero-order valence-corrected chi connectivity index (χ0v) is 21.2. The van der Waals surface area contributed by atoms with E-state index in [4.69, 9.17) is 33.4 Å². The lowest BCUT2D eigenvalue weighted by Gasteiger charge is -2.29. The number of aromatic nitrogens is 3. The van der Waals surface area contributed by atoms with E-state index in [9.17, 15) is 18.8 Å². The Kier molecular flexibility index (Phi) is 6.96. The summed E-state index contributed by atoms with van der Waals surface area (Å²) in [5.74, 6) is -1.46. The van der Waals surface area contributed by atoms with E-state index in [-0.39, 0.29) is 40.5 Å². The Bertz CT molecular complexity index is 1520. The van der Waals surface area contributed by atoms with E-state index in [0.29, 0.717) is 10.3 Å². The van der Waals surface area contributed by atoms with Gasteiger partial charge in [0.15, 0.2) is 4.77 Å². The van der Waals surface area contributed by atoms with Gasteiger partial charge in [0.05, 0.1) is 16.4 Å². The minimum Gasteiger partial charge on any atom is -0.458 e. The number of oxime groups is 1. The van der Waals surface area contributed by atoms with Crippen molar-refractivity contribution in [1.82, 2.24) is 13.7 Å². The van der Waals surface area contributed by atoms with Gasteiger partial charge in [-0.05, 0) is 43.3 Å². The van der Waals surface area contributed by atoms with Crippen molar-refractivity contribution in [1.29, 1.82) is 0 Å². The maximum Gasteiger partial charge on any atom is 0.353 e. The molecule has 0 amide bonds. The maximum absolute atomic E-state index is 14.9. The van der Waals surface area contributed by atoms with Crippen molar-refractivity contribution in [2.45, 2.75) is 32.0 Å². The highest BCUT2D eigenvalue weighted by atomic mass is 35.5. The molecule has 3 aromatic rings. The number of esters is 1. The van der Waals surface area contributed by atoms with Crippen LogP contribution >= 0.6 is 23.8 Å². The molecule has 1 aromatic heterocycles. The van der Waals surface area contributed by atoms with E-state index < -0.39 is 28.8 Å². The second kappa shape index (κ2) is 9.82. The molecule has 0 fully saturated rings. The number of rotatable bonds is 5. The molecule has 188 valence electrons. The van der Waals surface area contributed by atoms with Gasteiger partial charge in [0.25, 0.3) is 0 Å². The number of carbonyl (C=O) groups excluding carboxylic acids is 1. The molecule has 1 atom stereocenters. The van der Waals surface area contributed by atoms with Gasteiger partial charge in [-0.2, -0.15) is 0 Å². The molecule has 2 heterocycles. The van der Waals surface area contributed by atoms with Crippen LogP contribution in [0.1, 0.15) is 30.9 Å². The molecule has 0 bridgehead atoms. The highest BCUT2D eigenvalue weighted by Gasteiger charge is 2.41. The van der Waals surface area contributed by atoms with Gasteiger partial charge in [-0.25, -0.2) is 23.3 Å². The van der Waals surface area contributed by atoms with Gasteiger partial charge in [-0.15, -0.1) is 0 Å². The van der Waals surface area contributed by atoms with Crippen LogP contribution in [0.15, 0.2) is 57.2 Å². The average molecular weight is 533 g/mol. The third kappa shape index (κ3) is 4.63. The highest BCUT2D eigenvalue weighted by Crippen LogP contribution is 2.31. The van der Waals surface area contributed by atoms with E-state index in [2.05, 4.69) is 5.16 Å². The summed E-state index contributed by atoms with van der Waals surface area (Å²) < 4.78 is 23.1. The molecule has 2 aromatic carbocycles. The fourth-order valence-corrected chi connectivity index (χ4v) is 4.13. The van der Waals surface area contributed by atoms with Crippen molar-refractivity contribution in [2.24, 2.45) is 19.3 Å². The Morgan fingerprint density at radius 2 is 1.83 bits per heavy atom. The van der Waals surface area contributed by atoms with E-state index in [1.807, 2.05) is 30.3 Å². The second-order valence-corrected chi connectivity index (χ2v) is 9.28. The summed E-state index contributed by atoms with van der Waals surface area (Å²) in [6, 6.07) is 11.5. The fourth-order valence-electron chi connectivity index (χ4n) is 3.71. The van der Waals surface area contributed by atoms with Crippen molar-refractivity contribution in [3.05, 3.63) is 90.2 Å². The largest absolute Gasteiger partial charge is 0.458 e. The van der Waals surface area contributed by atoms with E-state index in [0.717, 1.165) is 20.8 Å². The number of benzene rings is 2. The van der Waals surface area contributed by atoms with Gasteiger partial charge < -0.3 is 9.57 Å². The maximum atomic E-state index is 14.9. The second-order valence-electron chi connectivity index (χ2n) is 8.51. The molecule has 4 rings (SSSR count). The van der Waals surface area contributed by atoms with Gasteiger partial charge in [0, 0.05) is 26.1 Å². The molecule has 1 aliphatic heterocycles. The normalized spacial score (nSPS) is 17.3. The molecule has 0 saturated heterocycles. The van der Waals surface area contributed by atoms with Crippen molar-refractivity contribution >= 4 is 35.5 Å². The molecule has 0 radical (unpaired) electrons. The number of halogens is 2. The first-order valence-corrected chi connectivity index (χ1v) is 11.7. The standard InChI is InChI=1S/C24H22ClFN4O5S/c1-24(20(31)34-13-14-7-5-4-6-8-14)10-9-18(27-35-24)15-11-19(17(26)12-16(15)25)30-21(32)28(2)23(36)29(3)22(30)33/h4-8,11-12H,9-10,13H2,1-3H3. The Balaban J connectivity index is 1.64. The Morgan fingerprint density at radius 3 is 2.42 bits per heavy atom. The molecule has 0 saturated carbocycles. The summed E-state index contributed by atoms with van der Waals surface area (Å²) in [5, 5.41) is 4.07. The SMILES string of the molecule is Cn1c(=S)n(C)c(=O)n(-c2cc(C3=NOC(C)(C(=O)OCc4ccccc4)CC3)c(Cl)cc2F)c1=O. The summed E-state index contributed by atoms with van der Waals surface area (Å²) in [7, 11) is 2.76. The van der Waals surface area contributed by atoms with Crippen LogP contribution in [0.5, 0.6) is 0 Å².